The highest BCUT2D eigenvalue weighted by atomic mass is 16.5. The Balaban J connectivity index is 1.23. The van der Waals surface area contributed by atoms with E-state index in [2.05, 4.69) is 30.8 Å². The number of aryl methyl sites for hydroxylation is 2. The average molecular weight is 395 g/mol. The number of nitrogens with zero attached hydrogens (tertiary/aromatic N) is 6. The number of fused-ring (bicyclic) bond motifs is 1. The zero-order valence-corrected chi connectivity index (χ0v) is 16.7. The maximum absolute atomic E-state index is 12.5. The molecule has 0 unspecified atom stereocenters. The Bertz CT molecular complexity index is 975. The van der Waals surface area contributed by atoms with Gasteiger partial charge in [-0.1, -0.05) is 18.2 Å². The van der Waals surface area contributed by atoms with Gasteiger partial charge in [-0.05, 0) is 60.4 Å². The second-order valence-corrected chi connectivity index (χ2v) is 7.34. The van der Waals surface area contributed by atoms with Gasteiger partial charge in [0.2, 0.25) is 5.91 Å². The predicted octanol–water partition coefficient (Wildman–Crippen LogP) is 1.55. The van der Waals surface area contributed by atoms with Crippen LogP contribution in [0.25, 0.3) is 5.65 Å². The van der Waals surface area contributed by atoms with Crippen molar-refractivity contribution in [2.75, 3.05) is 31.1 Å². The van der Waals surface area contributed by atoms with E-state index in [9.17, 15) is 4.79 Å². The normalized spacial score (nSPS) is 14.9. The van der Waals surface area contributed by atoms with Crippen molar-refractivity contribution in [3.05, 3.63) is 41.5 Å². The minimum absolute atomic E-state index is 0.0169. The first-order valence-corrected chi connectivity index (χ1v) is 9.89. The fourth-order valence-electron chi connectivity index (χ4n) is 3.68. The summed E-state index contributed by atoms with van der Waals surface area (Å²) >= 11 is 0. The number of hydrogen-bond acceptors (Lipinski definition) is 7. The molecule has 0 bridgehead atoms. The number of para-hydroxylation sites is 1. The maximum Gasteiger partial charge on any atom is 0.223 e. The molecule has 1 amide bonds. The third-order valence-electron chi connectivity index (χ3n) is 5.30. The summed E-state index contributed by atoms with van der Waals surface area (Å²) in [7, 11) is 0. The number of ether oxygens (including phenoxy) is 1. The van der Waals surface area contributed by atoms with E-state index < -0.39 is 0 Å². The van der Waals surface area contributed by atoms with Crippen LogP contribution in [0.2, 0.25) is 0 Å². The Morgan fingerprint density at radius 3 is 2.69 bits per heavy atom. The van der Waals surface area contributed by atoms with Gasteiger partial charge < -0.3 is 15.0 Å². The minimum Gasteiger partial charge on any atom is -0.491 e. The van der Waals surface area contributed by atoms with Gasteiger partial charge in [0.15, 0.2) is 11.5 Å². The van der Waals surface area contributed by atoms with Crippen molar-refractivity contribution in [1.82, 2.24) is 30.6 Å². The van der Waals surface area contributed by atoms with Crippen LogP contribution in [0.15, 0.2) is 30.3 Å². The number of tetrazole rings is 1. The van der Waals surface area contributed by atoms with Crippen LogP contribution in [0.3, 0.4) is 0 Å². The van der Waals surface area contributed by atoms with Crippen LogP contribution in [0.5, 0.6) is 5.75 Å². The largest absolute Gasteiger partial charge is 0.491 e. The van der Waals surface area contributed by atoms with Crippen LogP contribution in [-0.2, 0) is 4.79 Å². The number of benzene rings is 1. The van der Waals surface area contributed by atoms with Crippen LogP contribution in [0, 0.1) is 19.8 Å². The molecule has 0 spiro atoms. The third kappa shape index (κ3) is 4.28. The van der Waals surface area contributed by atoms with E-state index in [-0.39, 0.29) is 11.8 Å². The first-order chi connectivity index (χ1) is 14.1. The lowest BCUT2D eigenvalue weighted by Gasteiger charge is -2.31. The van der Waals surface area contributed by atoms with E-state index in [4.69, 9.17) is 4.74 Å². The highest BCUT2D eigenvalue weighted by Crippen LogP contribution is 2.23. The van der Waals surface area contributed by atoms with Crippen LogP contribution in [0.4, 0.5) is 5.82 Å². The van der Waals surface area contributed by atoms with Gasteiger partial charge in [-0.3, -0.25) is 4.79 Å². The zero-order chi connectivity index (χ0) is 20.2. The SMILES string of the molecule is Cc1cccc(C)c1OCCNC(=O)C1CCN(c2ccc3nnnn3n2)CC1. The molecule has 152 valence electrons. The van der Waals surface area contributed by atoms with Gasteiger partial charge >= 0.3 is 0 Å². The summed E-state index contributed by atoms with van der Waals surface area (Å²) in [6.45, 7) is 6.58. The molecule has 2 aromatic heterocycles. The van der Waals surface area contributed by atoms with Crippen molar-refractivity contribution >= 4 is 17.4 Å². The van der Waals surface area contributed by atoms with Crippen molar-refractivity contribution in [3.63, 3.8) is 0 Å². The number of anilines is 1. The highest BCUT2D eigenvalue weighted by Gasteiger charge is 2.25. The Morgan fingerprint density at radius 1 is 1.17 bits per heavy atom. The fraction of sp³-hybridized carbons (Fsp3) is 0.450. The van der Waals surface area contributed by atoms with Crippen molar-refractivity contribution in [1.29, 1.82) is 0 Å². The predicted molar refractivity (Wildman–Crippen MR) is 108 cm³/mol. The quantitative estimate of drug-likeness (QED) is 0.632. The second-order valence-electron chi connectivity index (χ2n) is 7.34. The van der Waals surface area contributed by atoms with E-state index in [1.807, 2.05) is 44.2 Å². The van der Waals surface area contributed by atoms with Gasteiger partial charge in [0.05, 0.1) is 6.54 Å². The van der Waals surface area contributed by atoms with Gasteiger partial charge in [-0.2, -0.15) is 0 Å². The van der Waals surface area contributed by atoms with Crippen molar-refractivity contribution in [2.24, 2.45) is 5.92 Å². The molecule has 3 aromatic rings. The summed E-state index contributed by atoms with van der Waals surface area (Å²) < 4.78 is 7.28. The minimum atomic E-state index is 0.0169. The van der Waals surface area contributed by atoms with E-state index in [1.165, 1.54) is 4.63 Å². The summed E-state index contributed by atoms with van der Waals surface area (Å²) in [6, 6.07) is 9.83. The highest BCUT2D eigenvalue weighted by molar-refractivity contribution is 5.79. The molecular formula is C20H25N7O2. The van der Waals surface area contributed by atoms with E-state index in [1.54, 1.807) is 0 Å². The Morgan fingerprint density at radius 2 is 1.93 bits per heavy atom. The molecule has 0 saturated carbocycles. The summed E-state index contributed by atoms with van der Waals surface area (Å²) in [6.07, 6.45) is 1.58. The standard InChI is InChI=1S/C20H25N7O2/c1-14-4-3-5-15(2)19(14)29-13-10-21-20(28)16-8-11-26(12-9-16)18-7-6-17-22-24-25-27(17)23-18/h3-7,16H,8-13H2,1-2H3,(H,21,28). The molecule has 29 heavy (non-hydrogen) atoms. The van der Waals surface area contributed by atoms with Crippen LogP contribution in [0.1, 0.15) is 24.0 Å². The number of amides is 1. The Kier molecular flexibility index (Phi) is 5.55. The molecule has 4 rings (SSSR count). The lowest BCUT2D eigenvalue weighted by atomic mass is 9.96. The van der Waals surface area contributed by atoms with E-state index in [0.29, 0.717) is 18.8 Å². The molecule has 1 N–H and O–H groups in total. The first-order valence-electron chi connectivity index (χ1n) is 9.89. The number of rotatable bonds is 6. The zero-order valence-electron chi connectivity index (χ0n) is 16.7. The van der Waals surface area contributed by atoms with Crippen LogP contribution in [-0.4, -0.2) is 57.4 Å². The summed E-state index contributed by atoms with van der Waals surface area (Å²) in [5.74, 6) is 1.84. The van der Waals surface area contributed by atoms with Crippen LogP contribution >= 0.6 is 0 Å². The van der Waals surface area contributed by atoms with Crippen molar-refractivity contribution in [2.45, 2.75) is 26.7 Å². The number of carbonyl (C=O) groups excluding carboxylic acids is 1. The third-order valence-corrected chi connectivity index (χ3v) is 5.30. The van der Waals surface area contributed by atoms with Gasteiger partial charge in [0, 0.05) is 19.0 Å². The Hall–Kier alpha value is -3.23. The fourth-order valence-corrected chi connectivity index (χ4v) is 3.68. The molecule has 1 aromatic carbocycles. The monoisotopic (exact) mass is 395 g/mol. The molecule has 3 heterocycles. The lowest BCUT2D eigenvalue weighted by Crippen LogP contribution is -2.41. The number of piperidine rings is 1. The van der Waals surface area contributed by atoms with Gasteiger partial charge in [-0.25, -0.2) is 0 Å². The number of carbonyl (C=O) groups is 1. The molecule has 9 heteroatoms. The number of hydrogen-bond donors (Lipinski definition) is 1. The topological polar surface area (TPSA) is 97.5 Å². The molecule has 0 atom stereocenters. The molecule has 0 aliphatic carbocycles. The molecule has 1 saturated heterocycles. The van der Waals surface area contributed by atoms with Crippen LogP contribution < -0.4 is 15.0 Å². The molecular weight excluding hydrogens is 370 g/mol. The molecule has 9 nitrogen and oxygen atoms in total. The molecule has 0 radical (unpaired) electrons. The number of nitrogens with one attached hydrogen (secondary N) is 1. The Labute approximate surface area is 169 Å². The van der Waals surface area contributed by atoms with Crippen molar-refractivity contribution < 1.29 is 9.53 Å². The van der Waals surface area contributed by atoms with E-state index >= 15 is 0 Å². The molecule has 1 aliphatic heterocycles. The first kappa shape index (κ1) is 19.1. The summed E-state index contributed by atoms with van der Waals surface area (Å²) in [4.78, 5) is 14.7. The summed E-state index contributed by atoms with van der Waals surface area (Å²) in [5.41, 5.74) is 2.83. The van der Waals surface area contributed by atoms with Gasteiger partial charge in [0.25, 0.3) is 0 Å². The lowest BCUT2D eigenvalue weighted by molar-refractivity contribution is -0.125. The van der Waals surface area contributed by atoms with Gasteiger partial charge in [-0.15, -0.1) is 14.8 Å². The molecule has 1 aliphatic rings. The average Bonchev–Trinajstić information content (AvgIpc) is 3.21. The maximum atomic E-state index is 12.5. The molecule has 1 fully saturated rings. The second kappa shape index (κ2) is 8.42. The van der Waals surface area contributed by atoms with Crippen molar-refractivity contribution in [3.8, 4) is 5.75 Å². The smallest absolute Gasteiger partial charge is 0.223 e. The van der Waals surface area contributed by atoms with E-state index in [0.717, 1.165) is 48.6 Å². The van der Waals surface area contributed by atoms with Gasteiger partial charge in [0.1, 0.15) is 12.4 Å². The summed E-state index contributed by atoms with van der Waals surface area (Å²) in [5, 5.41) is 18.7. The number of aromatic nitrogens is 5.